The quantitative estimate of drug-likeness (QED) is 0.242. The van der Waals surface area contributed by atoms with Crippen LogP contribution in [-0.2, 0) is 16.0 Å². The molecule has 35 heavy (non-hydrogen) atoms. The SMILES string of the molecule is COC1=C(c2cc(Cl)cc(Cl)c2)C(=O)N2CC(N=[N+]=[N-])CC12Cc1ccc(-c2cncnc2)cc1. The van der Waals surface area contributed by atoms with E-state index in [1.165, 1.54) is 6.33 Å². The molecule has 2 atom stereocenters. The molecule has 0 saturated carbocycles. The molecule has 2 aliphatic heterocycles. The summed E-state index contributed by atoms with van der Waals surface area (Å²) in [6, 6.07) is 12.7. The molecule has 1 saturated heterocycles. The maximum Gasteiger partial charge on any atom is 0.258 e. The van der Waals surface area contributed by atoms with Gasteiger partial charge in [0.15, 0.2) is 0 Å². The van der Waals surface area contributed by atoms with Gasteiger partial charge in [-0.05, 0) is 46.8 Å². The van der Waals surface area contributed by atoms with Crippen LogP contribution in [0.15, 0.2) is 72.1 Å². The minimum atomic E-state index is -0.799. The molecule has 0 spiro atoms. The summed E-state index contributed by atoms with van der Waals surface area (Å²) in [4.78, 5) is 26.6. The van der Waals surface area contributed by atoms with E-state index in [1.807, 2.05) is 24.3 Å². The van der Waals surface area contributed by atoms with Crippen LogP contribution in [0, 0.1) is 0 Å². The fourth-order valence-electron chi connectivity index (χ4n) is 5.15. The zero-order valence-corrected chi connectivity index (χ0v) is 20.2. The number of hydrogen-bond donors (Lipinski definition) is 0. The summed E-state index contributed by atoms with van der Waals surface area (Å²) in [6.45, 7) is 0.299. The lowest BCUT2D eigenvalue weighted by Crippen LogP contribution is -2.45. The smallest absolute Gasteiger partial charge is 0.258 e. The maximum absolute atomic E-state index is 13.7. The van der Waals surface area contributed by atoms with Crippen LogP contribution in [0.25, 0.3) is 27.1 Å². The summed E-state index contributed by atoms with van der Waals surface area (Å²) in [5.41, 5.74) is 12.2. The van der Waals surface area contributed by atoms with Gasteiger partial charge in [0.25, 0.3) is 5.91 Å². The Labute approximate surface area is 211 Å². The molecule has 2 aromatic carbocycles. The molecule has 0 aliphatic carbocycles. The van der Waals surface area contributed by atoms with Crippen molar-refractivity contribution in [1.29, 1.82) is 0 Å². The average molecular weight is 507 g/mol. The fourth-order valence-corrected chi connectivity index (χ4v) is 5.68. The molecule has 8 nitrogen and oxygen atoms in total. The summed E-state index contributed by atoms with van der Waals surface area (Å²) in [6.07, 6.45) is 5.94. The highest BCUT2D eigenvalue weighted by Crippen LogP contribution is 2.50. The van der Waals surface area contributed by atoms with Crippen LogP contribution < -0.4 is 0 Å². The zero-order chi connectivity index (χ0) is 24.6. The molecule has 1 fully saturated rings. The van der Waals surface area contributed by atoms with Crippen molar-refractivity contribution in [3.63, 3.8) is 0 Å². The first-order valence-corrected chi connectivity index (χ1v) is 11.7. The summed E-state index contributed by atoms with van der Waals surface area (Å²) in [7, 11) is 1.55. The van der Waals surface area contributed by atoms with E-state index < -0.39 is 5.54 Å². The number of benzene rings is 2. The van der Waals surface area contributed by atoms with Crippen molar-refractivity contribution in [3.8, 4) is 11.1 Å². The van der Waals surface area contributed by atoms with E-state index in [4.69, 9.17) is 33.5 Å². The lowest BCUT2D eigenvalue weighted by Gasteiger charge is -2.34. The number of rotatable bonds is 6. The molecule has 0 bridgehead atoms. The van der Waals surface area contributed by atoms with Gasteiger partial charge in [0.1, 0.15) is 17.6 Å². The number of halogens is 2. The van der Waals surface area contributed by atoms with Gasteiger partial charge in [0, 0.05) is 45.9 Å². The summed E-state index contributed by atoms with van der Waals surface area (Å²) >= 11 is 12.5. The molecule has 1 amide bonds. The van der Waals surface area contributed by atoms with E-state index in [0.29, 0.717) is 46.3 Å². The highest BCUT2D eigenvalue weighted by Gasteiger charge is 2.58. The Morgan fingerprint density at radius 1 is 1.11 bits per heavy atom. The standard InChI is InChI=1S/C25H20Cl2N6O2/c1-35-23-22(17-6-19(26)8-20(27)7-17)24(34)33-13-21(31-32-28)10-25(23,33)9-15-2-4-16(5-3-15)18-11-29-14-30-12-18/h2-8,11-12,14,21H,9-10,13H2,1H3. The summed E-state index contributed by atoms with van der Waals surface area (Å²) in [5.74, 6) is 0.325. The van der Waals surface area contributed by atoms with Gasteiger partial charge in [0.05, 0.1) is 18.7 Å². The van der Waals surface area contributed by atoms with Gasteiger partial charge in [0.2, 0.25) is 0 Å². The topological polar surface area (TPSA) is 104 Å². The zero-order valence-electron chi connectivity index (χ0n) is 18.7. The van der Waals surface area contributed by atoms with E-state index in [1.54, 1.807) is 42.6 Å². The summed E-state index contributed by atoms with van der Waals surface area (Å²) in [5, 5.41) is 4.78. The average Bonchev–Trinajstić information content (AvgIpc) is 3.30. The van der Waals surface area contributed by atoms with Crippen molar-refractivity contribution in [3.05, 3.63) is 98.6 Å². The Hall–Kier alpha value is -3.58. The molecule has 0 N–H and O–H groups in total. The molecule has 3 heterocycles. The fraction of sp³-hybridized carbons (Fsp3) is 0.240. The van der Waals surface area contributed by atoms with Gasteiger partial charge in [-0.1, -0.05) is 52.6 Å². The number of ether oxygens (including phenoxy) is 1. The number of hydrogen-bond acceptors (Lipinski definition) is 5. The summed E-state index contributed by atoms with van der Waals surface area (Å²) < 4.78 is 5.92. The number of carbonyl (C=O) groups excluding carboxylic acids is 1. The van der Waals surface area contributed by atoms with Crippen LogP contribution in [-0.4, -0.2) is 46.0 Å². The van der Waals surface area contributed by atoms with Crippen molar-refractivity contribution in [2.45, 2.75) is 24.4 Å². The number of methoxy groups -OCH3 is 1. The van der Waals surface area contributed by atoms with Crippen molar-refractivity contribution in [1.82, 2.24) is 14.9 Å². The Kier molecular flexibility index (Phi) is 6.11. The second kappa shape index (κ2) is 9.23. The molecule has 5 rings (SSSR count). The molecule has 3 aromatic rings. The Balaban J connectivity index is 1.59. The molecular weight excluding hydrogens is 487 g/mol. The van der Waals surface area contributed by atoms with Gasteiger partial charge in [-0.2, -0.15) is 0 Å². The molecule has 10 heteroatoms. The first-order valence-electron chi connectivity index (χ1n) is 10.9. The third kappa shape index (κ3) is 4.10. The second-order valence-corrected chi connectivity index (χ2v) is 9.45. The molecule has 2 aliphatic rings. The van der Waals surface area contributed by atoms with Gasteiger partial charge >= 0.3 is 0 Å². The van der Waals surface area contributed by atoms with Crippen molar-refractivity contribution in [2.24, 2.45) is 5.11 Å². The number of nitrogens with zero attached hydrogens (tertiary/aromatic N) is 6. The van der Waals surface area contributed by atoms with Gasteiger partial charge in [-0.15, -0.1) is 0 Å². The minimum Gasteiger partial charge on any atom is -0.498 e. The number of aromatic nitrogens is 2. The first-order chi connectivity index (χ1) is 16.9. The van der Waals surface area contributed by atoms with E-state index in [-0.39, 0.29) is 11.9 Å². The van der Waals surface area contributed by atoms with Crippen molar-refractivity contribution < 1.29 is 9.53 Å². The van der Waals surface area contributed by atoms with Gasteiger partial charge in [-0.25, -0.2) is 9.97 Å². The normalized spacial score (nSPS) is 21.2. The molecule has 176 valence electrons. The lowest BCUT2D eigenvalue weighted by molar-refractivity contribution is -0.126. The largest absolute Gasteiger partial charge is 0.498 e. The third-order valence-electron chi connectivity index (χ3n) is 6.51. The van der Waals surface area contributed by atoms with Crippen molar-refractivity contribution >= 4 is 34.7 Å². The number of carbonyl (C=O) groups is 1. The molecule has 1 aromatic heterocycles. The van der Waals surface area contributed by atoms with E-state index >= 15 is 0 Å². The van der Waals surface area contributed by atoms with Crippen LogP contribution in [0.3, 0.4) is 0 Å². The number of fused-ring (bicyclic) bond motifs is 1. The number of amides is 1. The highest BCUT2D eigenvalue weighted by molar-refractivity contribution is 6.35. The molecular formula is C25H20Cl2N6O2. The Morgan fingerprint density at radius 2 is 1.80 bits per heavy atom. The Bertz CT molecular complexity index is 1350. The van der Waals surface area contributed by atoms with E-state index in [0.717, 1.165) is 16.7 Å². The minimum absolute atomic E-state index is 0.200. The van der Waals surface area contributed by atoms with Crippen LogP contribution in [0.4, 0.5) is 0 Å². The van der Waals surface area contributed by atoms with Crippen LogP contribution in [0.1, 0.15) is 17.5 Å². The van der Waals surface area contributed by atoms with Gasteiger partial charge in [-0.3, -0.25) is 4.79 Å². The molecule has 0 radical (unpaired) electrons. The second-order valence-electron chi connectivity index (χ2n) is 8.58. The van der Waals surface area contributed by atoms with Crippen molar-refractivity contribution in [2.75, 3.05) is 13.7 Å². The maximum atomic E-state index is 13.7. The first kappa shape index (κ1) is 23.2. The van der Waals surface area contributed by atoms with Crippen LogP contribution >= 0.6 is 23.2 Å². The predicted octanol–water partition coefficient (Wildman–Crippen LogP) is 5.71. The molecule has 2 unspecified atom stereocenters. The number of azide groups is 1. The van der Waals surface area contributed by atoms with E-state index in [9.17, 15) is 4.79 Å². The van der Waals surface area contributed by atoms with E-state index in [2.05, 4.69) is 20.0 Å². The highest BCUT2D eigenvalue weighted by atomic mass is 35.5. The Morgan fingerprint density at radius 3 is 2.43 bits per heavy atom. The van der Waals surface area contributed by atoms with Gasteiger partial charge < -0.3 is 9.64 Å². The monoisotopic (exact) mass is 506 g/mol. The van der Waals surface area contributed by atoms with Crippen LogP contribution in [0.2, 0.25) is 10.0 Å². The predicted molar refractivity (Wildman–Crippen MR) is 134 cm³/mol. The van der Waals surface area contributed by atoms with Crippen LogP contribution in [0.5, 0.6) is 0 Å². The third-order valence-corrected chi connectivity index (χ3v) is 6.94. The lowest BCUT2D eigenvalue weighted by atomic mass is 9.85.